The number of carbonyl (C=O) groups is 1. The van der Waals surface area contributed by atoms with Gasteiger partial charge in [0.25, 0.3) is 0 Å². The lowest BCUT2D eigenvalue weighted by Crippen LogP contribution is -2.60. The van der Waals surface area contributed by atoms with E-state index in [1.165, 1.54) is 257 Å². The SMILES string of the molecule is CCCCCCCCCCCCCCCCCCCCCCCCCCCCCCCCC(O)C(O)C(COC1OC(CO)C(O)C(O)C1O)NC(=O)C(O)CCCCCCCCCCCCCCCCCCCC. The normalized spacial score (nSPS) is 19.6. The van der Waals surface area contributed by atoms with Gasteiger partial charge in [-0.1, -0.05) is 322 Å². The fraction of sp³-hybridized carbons (Fsp3) is 0.984. The highest BCUT2D eigenvalue weighted by Gasteiger charge is 2.44. The summed E-state index contributed by atoms with van der Waals surface area (Å²) in [5.74, 6) is -0.688. The maximum atomic E-state index is 13.2. The quantitative estimate of drug-likeness (QED) is 0.0272. The molecule has 0 aromatic carbocycles. The molecule has 9 unspecified atom stereocenters. The lowest BCUT2D eigenvalue weighted by Gasteiger charge is -2.40. The molecular weight excluding hydrogens is 943 g/mol. The number of hydrogen-bond donors (Lipinski definition) is 8. The van der Waals surface area contributed by atoms with Crippen LogP contribution in [0.4, 0.5) is 0 Å². The number of aliphatic hydroxyl groups is 7. The molecule has 8 N–H and O–H groups in total. The Morgan fingerprint density at radius 1 is 0.413 bits per heavy atom. The van der Waals surface area contributed by atoms with Crippen molar-refractivity contribution in [1.29, 1.82) is 0 Å². The number of aliphatic hydroxyl groups excluding tert-OH is 7. The second-order valence-electron chi connectivity index (χ2n) is 23.6. The molecule has 11 nitrogen and oxygen atoms in total. The van der Waals surface area contributed by atoms with Crippen molar-refractivity contribution in [2.75, 3.05) is 13.2 Å². The van der Waals surface area contributed by atoms with Crippen molar-refractivity contribution in [1.82, 2.24) is 5.32 Å². The smallest absolute Gasteiger partial charge is 0.249 e. The minimum absolute atomic E-state index is 0.267. The molecule has 0 aromatic rings. The van der Waals surface area contributed by atoms with Crippen LogP contribution in [0.3, 0.4) is 0 Å². The van der Waals surface area contributed by atoms with Gasteiger partial charge >= 0.3 is 0 Å². The molecule has 11 heteroatoms. The average molecular weight is 1070 g/mol. The predicted molar refractivity (Wildman–Crippen MR) is 312 cm³/mol. The van der Waals surface area contributed by atoms with Crippen molar-refractivity contribution in [2.24, 2.45) is 0 Å². The van der Waals surface area contributed by atoms with E-state index in [1.54, 1.807) is 0 Å². The lowest BCUT2D eigenvalue weighted by atomic mass is 9.98. The minimum Gasteiger partial charge on any atom is -0.394 e. The maximum absolute atomic E-state index is 13.2. The Morgan fingerprint density at radius 2 is 0.693 bits per heavy atom. The number of rotatable bonds is 58. The summed E-state index contributed by atoms with van der Waals surface area (Å²) < 4.78 is 11.2. The third kappa shape index (κ3) is 41.7. The number of ether oxygens (including phenoxy) is 2. The Bertz CT molecular complexity index is 1180. The summed E-state index contributed by atoms with van der Waals surface area (Å²) in [6, 6.07) is -1.16. The molecule has 75 heavy (non-hydrogen) atoms. The van der Waals surface area contributed by atoms with Crippen molar-refractivity contribution in [3.05, 3.63) is 0 Å². The van der Waals surface area contributed by atoms with Gasteiger partial charge < -0.3 is 50.5 Å². The Balaban J connectivity index is 2.20. The summed E-state index contributed by atoms with van der Waals surface area (Å²) in [6.45, 7) is 3.51. The first-order valence-electron chi connectivity index (χ1n) is 32.9. The third-order valence-corrected chi connectivity index (χ3v) is 16.4. The van der Waals surface area contributed by atoms with Gasteiger partial charge in [0, 0.05) is 0 Å². The van der Waals surface area contributed by atoms with E-state index in [4.69, 9.17) is 9.47 Å². The summed E-state index contributed by atoms with van der Waals surface area (Å²) >= 11 is 0. The number of nitrogens with one attached hydrogen (secondary N) is 1. The van der Waals surface area contributed by atoms with Crippen LogP contribution in [0, 0.1) is 0 Å². The fourth-order valence-corrected chi connectivity index (χ4v) is 11.1. The average Bonchev–Trinajstić information content (AvgIpc) is 3.41. The van der Waals surface area contributed by atoms with Crippen LogP contribution >= 0.6 is 0 Å². The van der Waals surface area contributed by atoms with E-state index >= 15 is 0 Å². The van der Waals surface area contributed by atoms with Crippen LogP contribution in [-0.4, -0.2) is 110 Å². The van der Waals surface area contributed by atoms with Gasteiger partial charge in [0.1, 0.15) is 36.6 Å². The second kappa shape index (κ2) is 53.7. The van der Waals surface area contributed by atoms with Crippen molar-refractivity contribution >= 4 is 5.91 Å². The van der Waals surface area contributed by atoms with E-state index in [1.807, 2.05) is 0 Å². The first-order chi connectivity index (χ1) is 36.7. The number of carbonyl (C=O) groups excluding carboxylic acids is 1. The highest BCUT2D eigenvalue weighted by Crippen LogP contribution is 2.24. The van der Waals surface area contributed by atoms with Gasteiger partial charge in [-0.15, -0.1) is 0 Å². The highest BCUT2D eigenvalue weighted by molar-refractivity contribution is 5.80. The predicted octanol–water partition coefficient (Wildman–Crippen LogP) is 14.9. The summed E-state index contributed by atoms with van der Waals surface area (Å²) in [7, 11) is 0. The van der Waals surface area contributed by atoms with Crippen molar-refractivity contribution in [3.8, 4) is 0 Å². The van der Waals surface area contributed by atoms with Gasteiger partial charge in [-0.2, -0.15) is 0 Å². The molecule has 1 fully saturated rings. The van der Waals surface area contributed by atoms with Crippen LogP contribution in [0.5, 0.6) is 0 Å². The zero-order chi connectivity index (χ0) is 54.7. The monoisotopic (exact) mass is 1070 g/mol. The molecule has 1 heterocycles. The van der Waals surface area contributed by atoms with Crippen molar-refractivity contribution in [2.45, 2.75) is 390 Å². The number of hydrogen-bond acceptors (Lipinski definition) is 10. The second-order valence-corrected chi connectivity index (χ2v) is 23.6. The lowest BCUT2D eigenvalue weighted by molar-refractivity contribution is -0.303. The third-order valence-electron chi connectivity index (χ3n) is 16.4. The van der Waals surface area contributed by atoms with Gasteiger partial charge in [0.15, 0.2) is 6.29 Å². The summed E-state index contributed by atoms with van der Waals surface area (Å²) in [5.41, 5.74) is 0. The van der Waals surface area contributed by atoms with Gasteiger partial charge in [0.05, 0.1) is 25.4 Å². The van der Waals surface area contributed by atoms with E-state index in [0.717, 1.165) is 38.5 Å². The molecule has 1 amide bonds. The Morgan fingerprint density at radius 3 is 0.987 bits per heavy atom. The molecule has 0 aliphatic carbocycles. The highest BCUT2D eigenvalue weighted by atomic mass is 16.7. The van der Waals surface area contributed by atoms with Crippen molar-refractivity contribution in [3.63, 3.8) is 0 Å². The molecule has 1 aliphatic rings. The molecule has 0 aromatic heterocycles. The van der Waals surface area contributed by atoms with Crippen LogP contribution in [-0.2, 0) is 14.3 Å². The standard InChI is InChI=1S/C64H127NO10/c1-3-5-7-9-11-13-15-17-19-21-23-24-25-26-27-28-29-30-31-32-33-34-36-37-39-41-43-45-47-49-51-56(67)59(69)55(54-74-64-62(72)61(71)60(70)58(53-66)75-64)65-63(73)57(68)52-50-48-46-44-42-40-38-35-22-20-18-16-14-12-10-8-6-4-2/h55-62,64,66-72H,3-54H2,1-2H3,(H,65,73). The molecule has 0 radical (unpaired) electrons. The molecule has 448 valence electrons. The Kier molecular flexibility index (Phi) is 51.7. The molecule has 0 saturated carbocycles. The van der Waals surface area contributed by atoms with Gasteiger partial charge in [-0.3, -0.25) is 4.79 Å². The van der Waals surface area contributed by atoms with Crippen LogP contribution < -0.4 is 5.32 Å². The summed E-state index contributed by atoms with van der Waals surface area (Å²) in [5, 5.41) is 76.4. The van der Waals surface area contributed by atoms with E-state index < -0.39 is 74.2 Å². The fourth-order valence-electron chi connectivity index (χ4n) is 11.1. The Labute approximate surface area is 462 Å². The van der Waals surface area contributed by atoms with Crippen LogP contribution in [0.2, 0.25) is 0 Å². The van der Waals surface area contributed by atoms with Crippen LogP contribution in [0.25, 0.3) is 0 Å². The minimum atomic E-state index is -1.66. The number of amides is 1. The van der Waals surface area contributed by atoms with Gasteiger partial charge in [0.2, 0.25) is 5.91 Å². The summed E-state index contributed by atoms with van der Waals surface area (Å²) in [6.07, 6.45) is 51.7. The van der Waals surface area contributed by atoms with E-state index in [0.29, 0.717) is 19.3 Å². The van der Waals surface area contributed by atoms with E-state index in [-0.39, 0.29) is 6.42 Å². The Hall–Kier alpha value is -0.890. The van der Waals surface area contributed by atoms with Crippen LogP contribution in [0.1, 0.15) is 335 Å². The molecule has 1 aliphatic heterocycles. The molecule has 1 rings (SSSR count). The van der Waals surface area contributed by atoms with E-state index in [9.17, 15) is 40.5 Å². The molecule has 1 saturated heterocycles. The molecule has 0 spiro atoms. The zero-order valence-electron chi connectivity index (χ0n) is 49.3. The van der Waals surface area contributed by atoms with Crippen molar-refractivity contribution < 1.29 is 50.0 Å². The topological polar surface area (TPSA) is 189 Å². The van der Waals surface area contributed by atoms with E-state index in [2.05, 4.69) is 19.2 Å². The zero-order valence-corrected chi connectivity index (χ0v) is 49.3. The largest absolute Gasteiger partial charge is 0.394 e. The molecule has 9 atom stereocenters. The first-order valence-corrected chi connectivity index (χ1v) is 32.9. The number of unbranched alkanes of at least 4 members (excludes halogenated alkanes) is 46. The van der Waals surface area contributed by atoms with Gasteiger partial charge in [-0.05, 0) is 12.8 Å². The molecule has 0 bridgehead atoms. The molecular formula is C64H127NO10. The summed E-state index contributed by atoms with van der Waals surface area (Å²) in [4.78, 5) is 13.2. The maximum Gasteiger partial charge on any atom is 0.249 e. The van der Waals surface area contributed by atoms with Crippen LogP contribution in [0.15, 0.2) is 0 Å². The van der Waals surface area contributed by atoms with Gasteiger partial charge in [-0.25, -0.2) is 0 Å². The first kappa shape index (κ1) is 72.1.